The van der Waals surface area contributed by atoms with Gasteiger partial charge in [-0.05, 0) is 6.07 Å². The second kappa shape index (κ2) is 4.64. The second-order valence-electron chi connectivity index (χ2n) is 4.88. The van der Waals surface area contributed by atoms with Gasteiger partial charge < -0.3 is 5.32 Å². The van der Waals surface area contributed by atoms with E-state index in [2.05, 4.69) is 14.1 Å². The summed E-state index contributed by atoms with van der Waals surface area (Å²) in [6.07, 6.45) is 0. The SMILES string of the molecule is CC(C)(C)C(=O)Nc1c(Cl)cc(Cl)c2nsnc12. The van der Waals surface area contributed by atoms with Crippen molar-refractivity contribution in [3.63, 3.8) is 0 Å². The zero-order valence-corrected chi connectivity index (χ0v) is 12.4. The Morgan fingerprint density at radius 3 is 2.44 bits per heavy atom. The van der Waals surface area contributed by atoms with Crippen LogP contribution in [0, 0.1) is 5.41 Å². The molecule has 0 radical (unpaired) electrons. The van der Waals surface area contributed by atoms with Gasteiger partial charge in [-0.15, -0.1) is 0 Å². The van der Waals surface area contributed by atoms with Crippen molar-refractivity contribution in [1.82, 2.24) is 8.75 Å². The number of hydrogen-bond donors (Lipinski definition) is 1. The van der Waals surface area contributed by atoms with Crippen molar-refractivity contribution in [2.24, 2.45) is 5.41 Å². The second-order valence-corrected chi connectivity index (χ2v) is 6.22. The Morgan fingerprint density at radius 2 is 1.83 bits per heavy atom. The maximum Gasteiger partial charge on any atom is 0.229 e. The van der Waals surface area contributed by atoms with E-state index in [0.29, 0.717) is 26.8 Å². The van der Waals surface area contributed by atoms with Crippen LogP contribution in [-0.2, 0) is 4.79 Å². The number of halogens is 2. The Balaban J connectivity index is 2.51. The van der Waals surface area contributed by atoms with Crippen molar-refractivity contribution in [3.05, 3.63) is 16.1 Å². The maximum atomic E-state index is 12.0. The van der Waals surface area contributed by atoms with Crippen LogP contribution in [0.5, 0.6) is 0 Å². The summed E-state index contributed by atoms with van der Waals surface area (Å²) < 4.78 is 8.20. The van der Waals surface area contributed by atoms with Crippen molar-refractivity contribution in [2.45, 2.75) is 20.8 Å². The zero-order valence-electron chi connectivity index (χ0n) is 10.0. The van der Waals surface area contributed by atoms with Gasteiger partial charge in [0.2, 0.25) is 5.91 Å². The first-order valence-corrected chi connectivity index (χ1v) is 6.71. The van der Waals surface area contributed by atoms with Gasteiger partial charge in [0.05, 0.1) is 27.5 Å². The minimum atomic E-state index is -0.515. The van der Waals surface area contributed by atoms with Gasteiger partial charge in [-0.3, -0.25) is 4.79 Å². The molecule has 18 heavy (non-hydrogen) atoms. The summed E-state index contributed by atoms with van der Waals surface area (Å²) in [5, 5.41) is 3.57. The quantitative estimate of drug-likeness (QED) is 0.867. The lowest BCUT2D eigenvalue weighted by Crippen LogP contribution is -2.27. The molecule has 1 aromatic heterocycles. The monoisotopic (exact) mass is 303 g/mol. The molecule has 1 amide bonds. The van der Waals surface area contributed by atoms with Crippen LogP contribution in [0.2, 0.25) is 10.0 Å². The highest BCUT2D eigenvalue weighted by Crippen LogP contribution is 2.35. The highest BCUT2D eigenvalue weighted by Gasteiger charge is 2.24. The molecule has 0 atom stereocenters. The van der Waals surface area contributed by atoms with Crippen LogP contribution in [0.1, 0.15) is 20.8 Å². The first-order chi connectivity index (χ1) is 8.30. The third-order valence-corrected chi connectivity index (χ3v) is 3.48. The third kappa shape index (κ3) is 2.43. The van der Waals surface area contributed by atoms with E-state index in [-0.39, 0.29) is 5.91 Å². The molecule has 0 saturated heterocycles. The zero-order chi connectivity index (χ0) is 13.5. The number of anilines is 1. The molecule has 0 bridgehead atoms. The fraction of sp³-hybridized carbons (Fsp3) is 0.364. The third-order valence-electron chi connectivity index (χ3n) is 2.36. The van der Waals surface area contributed by atoms with E-state index in [1.807, 2.05) is 20.8 Å². The average Bonchev–Trinajstić information content (AvgIpc) is 2.71. The molecule has 4 nitrogen and oxygen atoms in total. The van der Waals surface area contributed by atoms with Crippen LogP contribution in [0.3, 0.4) is 0 Å². The molecule has 1 aromatic carbocycles. The van der Waals surface area contributed by atoms with E-state index >= 15 is 0 Å². The lowest BCUT2D eigenvalue weighted by molar-refractivity contribution is -0.123. The van der Waals surface area contributed by atoms with Crippen LogP contribution in [-0.4, -0.2) is 14.7 Å². The van der Waals surface area contributed by atoms with Gasteiger partial charge in [-0.2, -0.15) is 8.75 Å². The molecule has 0 aliphatic carbocycles. The van der Waals surface area contributed by atoms with Crippen molar-refractivity contribution in [1.29, 1.82) is 0 Å². The van der Waals surface area contributed by atoms with Gasteiger partial charge in [-0.1, -0.05) is 44.0 Å². The molecule has 0 saturated carbocycles. The lowest BCUT2D eigenvalue weighted by atomic mass is 9.95. The lowest BCUT2D eigenvalue weighted by Gasteiger charge is -2.18. The van der Waals surface area contributed by atoms with Gasteiger partial charge in [0.25, 0.3) is 0 Å². The summed E-state index contributed by atoms with van der Waals surface area (Å²) in [4.78, 5) is 12.0. The van der Waals surface area contributed by atoms with Crippen LogP contribution >= 0.6 is 34.9 Å². The summed E-state index contributed by atoms with van der Waals surface area (Å²) in [6, 6.07) is 1.56. The summed E-state index contributed by atoms with van der Waals surface area (Å²) in [5.41, 5.74) is 1.02. The van der Waals surface area contributed by atoms with E-state index in [9.17, 15) is 4.79 Å². The van der Waals surface area contributed by atoms with Gasteiger partial charge in [0.15, 0.2) is 0 Å². The summed E-state index contributed by atoms with van der Waals surface area (Å²) in [7, 11) is 0. The standard InChI is InChI=1S/C11H11Cl2N3OS/c1-11(2,3)10(17)14-7-5(12)4-6(13)8-9(7)16-18-15-8/h4H,1-3H3,(H,14,17). The van der Waals surface area contributed by atoms with E-state index in [4.69, 9.17) is 23.2 Å². The van der Waals surface area contributed by atoms with Crippen LogP contribution in [0.25, 0.3) is 11.0 Å². The summed E-state index contributed by atoms with van der Waals surface area (Å²) >= 11 is 13.1. The molecule has 1 heterocycles. The Kier molecular flexibility index (Phi) is 3.49. The van der Waals surface area contributed by atoms with Crippen LogP contribution in [0.15, 0.2) is 6.07 Å². The van der Waals surface area contributed by atoms with E-state index in [1.165, 1.54) is 0 Å². The van der Waals surface area contributed by atoms with E-state index in [0.717, 1.165) is 11.7 Å². The number of fused-ring (bicyclic) bond motifs is 1. The number of amides is 1. The Morgan fingerprint density at radius 1 is 1.22 bits per heavy atom. The summed E-state index contributed by atoms with van der Waals surface area (Å²) in [6.45, 7) is 5.47. The smallest absolute Gasteiger partial charge is 0.229 e. The molecule has 96 valence electrons. The minimum Gasteiger partial charge on any atom is -0.322 e. The minimum absolute atomic E-state index is 0.138. The highest BCUT2D eigenvalue weighted by molar-refractivity contribution is 7.00. The Bertz CT molecular complexity index is 619. The number of aromatic nitrogens is 2. The van der Waals surface area contributed by atoms with Gasteiger partial charge in [-0.25, -0.2) is 0 Å². The first kappa shape index (κ1) is 13.5. The van der Waals surface area contributed by atoms with Crippen molar-refractivity contribution < 1.29 is 4.79 Å². The molecular formula is C11H11Cl2N3OS. The number of benzene rings is 1. The molecule has 0 unspecified atom stereocenters. The Labute approximate surface area is 119 Å². The number of carbonyl (C=O) groups is 1. The van der Waals surface area contributed by atoms with Crippen LogP contribution < -0.4 is 5.32 Å². The fourth-order valence-electron chi connectivity index (χ4n) is 1.29. The number of hydrogen-bond acceptors (Lipinski definition) is 4. The molecule has 0 fully saturated rings. The van der Waals surface area contributed by atoms with Crippen molar-refractivity contribution in [3.8, 4) is 0 Å². The Hall–Kier alpha value is -0.910. The number of nitrogens with zero attached hydrogens (tertiary/aromatic N) is 2. The molecule has 0 aliphatic rings. The van der Waals surface area contributed by atoms with Crippen molar-refractivity contribution >= 4 is 57.6 Å². The number of carbonyl (C=O) groups excluding carboxylic acids is 1. The molecule has 7 heteroatoms. The predicted octanol–water partition coefficient (Wildman–Crippen LogP) is 3.98. The molecule has 0 aliphatic heterocycles. The van der Waals surface area contributed by atoms with Gasteiger partial charge >= 0.3 is 0 Å². The summed E-state index contributed by atoms with van der Waals surface area (Å²) in [5.74, 6) is -0.138. The fourth-order valence-corrected chi connectivity index (χ4v) is 2.45. The topological polar surface area (TPSA) is 54.9 Å². The molecule has 1 N–H and O–H groups in total. The average molecular weight is 304 g/mol. The highest BCUT2D eigenvalue weighted by atomic mass is 35.5. The van der Waals surface area contributed by atoms with Crippen molar-refractivity contribution in [2.75, 3.05) is 5.32 Å². The molecule has 0 spiro atoms. The van der Waals surface area contributed by atoms with Gasteiger partial charge in [0.1, 0.15) is 11.0 Å². The normalized spacial score (nSPS) is 11.8. The maximum absolute atomic E-state index is 12.0. The predicted molar refractivity (Wildman–Crippen MR) is 75.5 cm³/mol. The number of nitrogens with one attached hydrogen (secondary N) is 1. The van der Waals surface area contributed by atoms with Crippen LogP contribution in [0.4, 0.5) is 5.69 Å². The largest absolute Gasteiger partial charge is 0.322 e. The van der Waals surface area contributed by atoms with E-state index in [1.54, 1.807) is 6.07 Å². The molecular weight excluding hydrogens is 293 g/mol. The van der Waals surface area contributed by atoms with Gasteiger partial charge in [0, 0.05) is 5.41 Å². The van der Waals surface area contributed by atoms with E-state index < -0.39 is 5.41 Å². The molecule has 2 aromatic rings. The molecule has 2 rings (SSSR count). The first-order valence-electron chi connectivity index (χ1n) is 5.22. The number of rotatable bonds is 1.